The summed E-state index contributed by atoms with van der Waals surface area (Å²) >= 11 is 0. The minimum Gasteiger partial charge on any atom is -0.480 e. The Hall–Kier alpha value is -1.30. The quantitative estimate of drug-likeness (QED) is 0.770. The molecule has 1 aliphatic heterocycles. The van der Waals surface area contributed by atoms with Crippen LogP contribution >= 0.6 is 0 Å². The Morgan fingerprint density at radius 2 is 1.95 bits per heavy atom. The molecule has 1 saturated carbocycles. The van der Waals surface area contributed by atoms with Crippen LogP contribution in [0.1, 0.15) is 33.6 Å². The first kappa shape index (κ1) is 15.1. The van der Waals surface area contributed by atoms with Crippen molar-refractivity contribution in [2.45, 2.75) is 39.2 Å². The number of carboxylic acid groups (broad SMARTS) is 1. The molecule has 0 atom stereocenters. The SMILES string of the molecule is CC(C)C1(CNC(=O)N2CC(C)(OCC(=O)O)C2)CC1. The van der Waals surface area contributed by atoms with Crippen LogP contribution in [-0.2, 0) is 9.53 Å². The number of rotatable bonds is 6. The molecule has 2 rings (SSSR count). The van der Waals surface area contributed by atoms with Crippen molar-refractivity contribution in [2.24, 2.45) is 11.3 Å². The van der Waals surface area contributed by atoms with Gasteiger partial charge < -0.3 is 20.1 Å². The van der Waals surface area contributed by atoms with Crippen molar-refractivity contribution >= 4 is 12.0 Å². The van der Waals surface area contributed by atoms with Crippen molar-refractivity contribution in [1.82, 2.24) is 10.2 Å². The number of carbonyl (C=O) groups excluding carboxylic acids is 1. The van der Waals surface area contributed by atoms with Crippen LogP contribution in [0.3, 0.4) is 0 Å². The average molecular weight is 284 g/mol. The molecule has 1 aliphatic carbocycles. The van der Waals surface area contributed by atoms with Gasteiger partial charge in [-0.15, -0.1) is 0 Å². The van der Waals surface area contributed by atoms with Gasteiger partial charge in [0.05, 0.1) is 13.1 Å². The summed E-state index contributed by atoms with van der Waals surface area (Å²) in [6.45, 7) is 7.52. The third kappa shape index (κ3) is 3.23. The van der Waals surface area contributed by atoms with Gasteiger partial charge in [-0.25, -0.2) is 9.59 Å². The van der Waals surface area contributed by atoms with Crippen LogP contribution in [0.4, 0.5) is 4.79 Å². The summed E-state index contributed by atoms with van der Waals surface area (Å²) < 4.78 is 5.28. The van der Waals surface area contributed by atoms with E-state index in [1.807, 2.05) is 6.92 Å². The molecule has 20 heavy (non-hydrogen) atoms. The number of carbonyl (C=O) groups is 2. The molecular weight excluding hydrogens is 260 g/mol. The first-order chi connectivity index (χ1) is 9.26. The zero-order chi connectivity index (χ0) is 15.0. The Morgan fingerprint density at radius 3 is 2.40 bits per heavy atom. The van der Waals surface area contributed by atoms with Crippen LogP contribution in [0.5, 0.6) is 0 Å². The third-order valence-corrected chi connectivity index (χ3v) is 4.59. The highest BCUT2D eigenvalue weighted by Crippen LogP contribution is 2.51. The molecule has 0 unspecified atom stereocenters. The van der Waals surface area contributed by atoms with Crippen molar-refractivity contribution in [3.05, 3.63) is 0 Å². The fourth-order valence-electron chi connectivity index (χ4n) is 2.71. The van der Waals surface area contributed by atoms with Crippen molar-refractivity contribution in [3.63, 3.8) is 0 Å². The van der Waals surface area contributed by atoms with Crippen molar-refractivity contribution in [2.75, 3.05) is 26.2 Å². The first-order valence-electron chi connectivity index (χ1n) is 7.15. The number of ether oxygens (including phenoxy) is 1. The van der Waals surface area contributed by atoms with Gasteiger partial charge in [0.25, 0.3) is 0 Å². The number of nitrogens with one attached hydrogen (secondary N) is 1. The molecule has 0 spiro atoms. The summed E-state index contributed by atoms with van der Waals surface area (Å²) in [5.74, 6) is -0.398. The molecule has 6 nitrogen and oxygen atoms in total. The molecule has 1 saturated heterocycles. The summed E-state index contributed by atoms with van der Waals surface area (Å²) in [6, 6.07) is -0.0756. The second-order valence-corrected chi connectivity index (χ2v) is 6.66. The molecular formula is C14H24N2O4. The third-order valence-electron chi connectivity index (χ3n) is 4.59. The molecule has 0 aromatic rings. The largest absolute Gasteiger partial charge is 0.480 e. The maximum absolute atomic E-state index is 12.0. The normalized spacial score (nSPS) is 22.3. The lowest BCUT2D eigenvalue weighted by Gasteiger charge is -2.47. The summed E-state index contributed by atoms with van der Waals surface area (Å²) in [4.78, 5) is 24.1. The molecule has 0 bridgehead atoms. The monoisotopic (exact) mass is 284 g/mol. The Bertz CT molecular complexity index is 398. The van der Waals surface area contributed by atoms with Gasteiger partial charge >= 0.3 is 12.0 Å². The van der Waals surface area contributed by atoms with Gasteiger partial charge in [0.1, 0.15) is 12.2 Å². The molecule has 0 radical (unpaired) electrons. The maximum atomic E-state index is 12.0. The Kier molecular flexibility index (Phi) is 3.95. The fourth-order valence-corrected chi connectivity index (χ4v) is 2.71. The summed E-state index contributed by atoms with van der Waals surface area (Å²) in [5.41, 5.74) is -0.227. The second kappa shape index (κ2) is 5.24. The number of hydrogen-bond donors (Lipinski definition) is 2. The van der Waals surface area contributed by atoms with Gasteiger partial charge in [0.15, 0.2) is 0 Å². The van der Waals surface area contributed by atoms with E-state index in [1.54, 1.807) is 4.90 Å². The molecule has 0 aromatic heterocycles. The van der Waals surface area contributed by atoms with E-state index in [1.165, 1.54) is 12.8 Å². The molecule has 2 amide bonds. The lowest BCUT2D eigenvalue weighted by atomic mass is 9.92. The summed E-state index contributed by atoms with van der Waals surface area (Å²) in [5, 5.41) is 11.6. The predicted octanol–water partition coefficient (Wildman–Crippen LogP) is 1.31. The van der Waals surface area contributed by atoms with Crippen LogP contribution in [0, 0.1) is 11.3 Å². The van der Waals surface area contributed by atoms with Gasteiger partial charge in [-0.3, -0.25) is 0 Å². The van der Waals surface area contributed by atoms with Crippen molar-refractivity contribution in [1.29, 1.82) is 0 Å². The Balaban J connectivity index is 1.70. The van der Waals surface area contributed by atoms with E-state index in [0.29, 0.717) is 24.4 Å². The first-order valence-corrected chi connectivity index (χ1v) is 7.15. The van der Waals surface area contributed by atoms with Crippen molar-refractivity contribution in [3.8, 4) is 0 Å². The molecule has 2 aliphatic rings. The van der Waals surface area contributed by atoms with E-state index >= 15 is 0 Å². The Morgan fingerprint density at radius 1 is 1.35 bits per heavy atom. The number of likely N-dealkylation sites (tertiary alicyclic amines) is 1. The van der Waals surface area contributed by atoms with Gasteiger partial charge in [-0.2, -0.15) is 0 Å². The zero-order valence-corrected chi connectivity index (χ0v) is 12.4. The van der Waals surface area contributed by atoms with E-state index < -0.39 is 11.6 Å². The minimum absolute atomic E-state index is 0.0756. The van der Waals surface area contributed by atoms with Crippen LogP contribution in [0.15, 0.2) is 0 Å². The van der Waals surface area contributed by atoms with E-state index in [0.717, 1.165) is 6.54 Å². The zero-order valence-electron chi connectivity index (χ0n) is 12.4. The van der Waals surface area contributed by atoms with E-state index in [9.17, 15) is 9.59 Å². The van der Waals surface area contributed by atoms with Crippen LogP contribution in [0.2, 0.25) is 0 Å². The molecule has 114 valence electrons. The summed E-state index contributed by atoms with van der Waals surface area (Å²) in [6.07, 6.45) is 2.37. The topological polar surface area (TPSA) is 78.9 Å². The van der Waals surface area contributed by atoms with Crippen LogP contribution in [-0.4, -0.2) is 53.8 Å². The number of nitrogens with zero attached hydrogens (tertiary/aromatic N) is 1. The van der Waals surface area contributed by atoms with Crippen LogP contribution < -0.4 is 5.32 Å². The van der Waals surface area contributed by atoms with E-state index in [-0.39, 0.29) is 12.6 Å². The lowest BCUT2D eigenvalue weighted by molar-refractivity contribution is -0.159. The van der Waals surface area contributed by atoms with Gasteiger partial charge in [0, 0.05) is 6.54 Å². The van der Waals surface area contributed by atoms with E-state index in [2.05, 4.69) is 19.2 Å². The van der Waals surface area contributed by atoms with Gasteiger partial charge in [0.2, 0.25) is 0 Å². The minimum atomic E-state index is -0.985. The highest BCUT2D eigenvalue weighted by atomic mass is 16.5. The molecule has 6 heteroatoms. The number of amides is 2. The molecule has 0 aromatic carbocycles. The highest BCUT2D eigenvalue weighted by Gasteiger charge is 2.47. The smallest absolute Gasteiger partial charge is 0.329 e. The number of carboxylic acids is 1. The second-order valence-electron chi connectivity index (χ2n) is 6.66. The standard InChI is InChI=1S/C14H24N2O4/c1-10(2)14(4-5-14)7-15-12(19)16-8-13(3,9-16)20-6-11(17)18/h10H,4-9H2,1-3H3,(H,15,19)(H,17,18). The summed E-state index contributed by atoms with van der Waals surface area (Å²) in [7, 11) is 0. The average Bonchev–Trinajstić information content (AvgIpc) is 3.11. The highest BCUT2D eigenvalue weighted by molar-refractivity contribution is 5.75. The van der Waals surface area contributed by atoms with Crippen LogP contribution in [0.25, 0.3) is 0 Å². The molecule has 2 fully saturated rings. The van der Waals surface area contributed by atoms with Gasteiger partial charge in [-0.05, 0) is 31.1 Å². The van der Waals surface area contributed by atoms with E-state index in [4.69, 9.17) is 9.84 Å². The van der Waals surface area contributed by atoms with Crippen molar-refractivity contribution < 1.29 is 19.4 Å². The number of hydrogen-bond acceptors (Lipinski definition) is 3. The number of urea groups is 1. The molecule has 1 heterocycles. The number of aliphatic carboxylic acids is 1. The predicted molar refractivity (Wildman–Crippen MR) is 73.5 cm³/mol. The van der Waals surface area contributed by atoms with Gasteiger partial charge in [-0.1, -0.05) is 13.8 Å². The lowest BCUT2D eigenvalue weighted by Crippen LogP contribution is -2.65. The fraction of sp³-hybridized carbons (Fsp3) is 0.857. The Labute approximate surface area is 119 Å². The maximum Gasteiger partial charge on any atom is 0.329 e. The molecule has 2 N–H and O–H groups in total.